The summed E-state index contributed by atoms with van der Waals surface area (Å²) in [6, 6.07) is -0.729. The van der Waals surface area contributed by atoms with Gasteiger partial charge in [-0.2, -0.15) is 18.3 Å². The fourth-order valence-electron chi connectivity index (χ4n) is 2.56. The van der Waals surface area contributed by atoms with Crippen LogP contribution in [0.25, 0.3) is 0 Å². The zero-order valence-corrected chi connectivity index (χ0v) is 12.6. The van der Waals surface area contributed by atoms with Crippen molar-refractivity contribution in [2.24, 2.45) is 0 Å². The van der Waals surface area contributed by atoms with E-state index >= 15 is 0 Å². The summed E-state index contributed by atoms with van der Waals surface area (Å²) in [6.07, 6.45) is -0.695. The number of nitrogens with one attached hydrogen (secondary N) is 1. The van der Waals surface area contributed by atoms with E-state index in [4.69, 9.17) is 11.6 Å². The molecule has 8 heteroatoms. The largest absolute Gasteiger partial charge is 0.436 e. The highest BCUT2D eigenvalue weighted by Gasteiger charge is 2.39. The van der Waals surface area contributed by atoms with E-state index in [-0.39, 0.29) is 17.6 Å². The minimum atomic E-state index is -4.63. The number of halogens is 4. The number of carbonyl (C=O) groups is 1. The van der Waals surface area contributed by atoms with Crippen molar-refractivity contribution in [3.8, 4) is 0 Å². The Labute approximate surface area is 125 Å². The quantitative estimate of drug-likeness (QED) is 0.925. The van der Waals surface area contributed by atoms with Crippen LogP contribution in [0.3, 0.4) is 0 Å². The summed E-state index contributed by atoms with van der Waals surface area (Å²) in [6.45, 7) is 2.94. The van der Waals surface area contributed by atoms with E-state index in [1.807, 2.05) is 0 Å². The van der Waals surface area contributed by atoms with Crippen LogP contribution in [0, 0.1) is 6.92 Å². The number of hydrogen-bond donors (Lipinski definition) is 1. The molecule has 0 radical (unpaired) electrons. The van der Waals surface area contributed by atoms with Crippen LogP contribution >= 0.6 is 11.6 Å². The predicted octanol–water partition coefficient (Wildman–Crippen LogP) is 3.48. The summed E-state index contributed by atoms with van der Waals surface area (Å²) in [5.41, 5.74) is -1.01. The van der Waals surface area contributed by atoms with Gasteiger partial charge in [0.15, 0.2) is 5.69 Å². The van der Waals surface area contributed by atoms with Crippen molar-refractivity contribution in [3.63, 3.8) is 0 Å². The van der Waals surface area contributed by atoms with Gasteiger partial charge in [-0.15, -0.1) is 0 Å². The van der Waals surface area contributed by atoms with Crippen LogP contribution in [0.1, 0.15) is 50.0 Å². The number of amides is 1. The molecule has 1 aromatic heterocycles. The fraction of sp³-hybridized carbons (Fsp3) is 0.692. The molecule has 0 spiro atoms. The summed E-state index contributed by atoms with van der Waals surface area (Å²) in [7, 11) is 0. The first-order valence-electron chi connectivity index (χ1n) is 6.84. The third-order valence-corrected chi connectivity index (χ3v) is 4.25. The van der Waals surface area contributed by atoms with Gasteiger partial charge in [0, 0.05) is 6.04 Å². The Morgan fingerprint density at radius 2 is 2.00 bits per heavy atom. The second kappa shape index (κ2) is 5.87. The van der Waals surface area contributed by atoms with Crippen molar-refractivity contribution in [2.75, 3.05) is 0 Å². The van der Waals surface area contributed by atoms with Crippen LogP contribution < -0.4 is 5.32 Å². The lowest BCUT2D eigenvalue weighted by Crippen LogP contribution is -2.38. The number of carbonyl (C=O) groups excluding carboxylic acids is 1. The van der Waals surface area contributed by atoms with Crippen molar-refractivity contribution in [1.82, 2.24) is 15.1 Å². The highest BCUT2D eigenvalue weighted by molar-refractivity contribution is 6.32. The lowest BCUT2D eigenvalue weighted by Gasteiger charge is -2.18. The Hall–Kier alpha value is -1.24. The maximum absolute atomic E-state index is 12.8. The summed E-state index contributed by atoms with van der Waals surface area (Å²) in [5, 5.41) is 5.87. The van der Waals surface area contributed by atoms with Gasteiger partial charge in [0.25, 0.3) is 0 Å². The Morgan fingerprint density at radius 1 is 1.43 bits per heavy atom. The van der Waals surface area contributed by atoms with Crippen molar-refractivity contribution in [2.45, 2.75) is 57.8 Å². The molecule has 0 unspecified atom stereocenters. The summed E-state index contributed by atoms with van der Waals surface area (Å²) in [4.78, 5) is 12.1. The number of nitrogens with zero attached hydrogens (tertiary/aromatic N) is 2. The van der Waals surface area contributed by atoms with Gasteiger partial charge in [-0.1, -0.05) is 24.4 Å². The average molecular weight is 324 g/mol. The normalized spacial score (nSPS) is 18.0. The molecule has 1 heterocycles. The van der Waals surface area contributed by atoms with Crippen molar-refractivity contribution >= 4 is 17.5 Å². The van der Waals surface area contributed by atoms with Gasteiger partial charge in [0.2, 0.25) is 5.91 Å². The lowest BCUT2D eigenvalue weighted by molar-refractivity contribution is -0.141. The van der Waals surface area contributed by atoms with Gasteiger partial charge in [-0.3, -0.25) is 9.48 Å². The predicted molar refractivity (Wildman–Crippen MR) is 72.1 cm³/mol. The van der Waals surface area contributed by atoms with Gasteiger partial charge < -0.3 is 5.32 Å². The molecule has 1 atom stereocenters. The van der Waals surface area contributed by atoms with Gasteiger partial charge in [0.05, 0.1) is 10.7 Å². The fourth-order valence-corrected chi connectivity index (χ4v) is 2.79. The molecule has 4 nitrogen and oxygen atoms in total. The molecule has 1 aromatic rings. The summed E-state index contributed by atoms with van der Waals surface area (Å²) >= 11 is 5.68. The molecule has 1 aliphatic carbocycles. The molecule has 0 saturated heterocycles. The number of hydrogen-bond acceptors (Lipinski definition) is 2. The Morgan fingerprint density at radius 3 is 2.48 bits per heavy atom. The van der Waals surface area contributed by atoms with E-state index in [2.05, 4.69) is 10.4 Å². The maximum atomic E-state index is 12.8. The number of rotatable bonds is 3. The highest BCUT2D eigenvalue weighted by Crippen LogP contribution is 2.36. The first-order valence-corrected chi connectivity index (χ1v) is 7.21. The monoisotopic (exact) mass is 323 g/mol. The van der Waals surface area contributed by atoms with Crippen LogP contribution in [-0.2, 0) is 11.0 Å². The Kier molecular flexibility index (Phi) is 4.51. The molecule has 0 aliphatic heterocycles. The molecular formula is C13H17ClF3N3O. The molecule has 0 bridgehead atoms. The van der Waals surface area contributed by atoms with Crippen molar-refractivity contribution in [3.05, 3.63) is 16.4 Å². The third-order valence-electron chi connectivity index (χ3n) is 3.79. The molecule has 118 valence electrons. The number of alkyl halides is 3. The topological polar surface area (TPSA) is 46.9 Å². The van der Waals surface area contributed by atoms with Gasteiger partial charge in [-0.05, 0) is 26.7 Å². The summed E-state index contributed by atoms with van der Waals surface area (Å²) in [5.74, 6) is -0.335. The SMILES string of the molecule is Cc1c(Cl)c(C(F)(F)F)nn1[C@H](C)C(=O)NC1CCCC1. The molecule has 1 N–H and O–H groups in total. The van der Waals surface area contributed by atoms with Gasteiger partial charge in [-0.25, -0.2) is 0 Å². The van der Waals surface area contributed by atoms with Crippen molar-refractivity contribution in [1.29, 1.82) is 0 Å². The van der Waals surface area contributed by atoms with Gasteiger partial charge >= 0.3 is 6.18 Å². The minimum absolute atomic E-state index is 0.105. The third kappa shape index (κ3) is 3.33. The number of aromatic nitrogens is 2. The zero-order valence-electron chi connectivity index (χ0n) is 11.8. The van der Waals surface area contributed by atoms with Crippen LogP contribution in [-0.4, -0.2) is 21.7 Å². The first-order chi connectivity index (χ1) is 9.71. The Bertz CT molecular complexity index is 535. The first kappa shape index (κ1) is 16.1. The molecule has 1 aliphatic rings. The smallest absolute Gasteiger partial charge is 0.352 e. The van der Waals surface area contributed by atoms with Gasteiger partial charge in [0.1, 0.15) is 6.04 Å². The Balaban J connectivity index is 2.18. The molecular weight excluding hydrogens is 307 g/mol. The van der Waals surface area contributed by atoms with E-state index in [1.165, 1.54) is 13.8 Å². The minimum Gasteiger partial charge on any atom is -0.352 e. The van der Waals surface area contributed by atoms with Crippen LogP contribution in [0.15, 0.2) is 0 Å². The summed E-state index contributed by atoms with van der Waals surface area (Å²) < 4.78 is 39.4. The standard InChI is InChI=1S/C13H17ClF3N3O/c1-7-10(14)11(13(15,16)17)19-20(7)8(2)12(21)18-9-5-3-4-6-9/h8-9H,3-6H2,1-2H3,(H,18,21)/t8-/m1/s1. The van der Waals surface area contributed by atoms with Crippen molar-refractivity contribution < 1.29 is 18.0 Å². The van der Waals surface area contributed by atoms with E-state index in [1.54, 1.807) is 0 Å². The van der Waals surface area contributed by atoms with E-state index in [9.17, 15) is 18.0 Å². The molecule has 21 heavy (non-hydrogen) atoms. The second-order valence-corrected chi connectivity index (χ2v) is 5.73. The molecule has 0 aromatic carbocycles. The van der Waals surface area contributed by atoms with E-state index in [0.717, 1.165) is 30.4 Å². The average Bonchev–Trinajstić information content (AvgIpc) is 2.98. The molecule has 1 saturated carbocycles. The molecule has 2 rings (SSSR count). The maximum Gasteiger partial charge on any atom is 0.436 e. The van der Waals surface area contributed by atoms with Crippen LogP contribution in [0.2, 0.25) is 5.02 Å². The van der Waals surface area contributed by atoms with E-state index in [0.29, 0.717) is 0 Å². The zero-order chi connectivity index (χ0) is 15.8. The molecule has 1 amide bonds. The van der Waals surface area contributed by atoms with Crippen LogP contribution in [0.4, 0.5) is 13.2 Å². The van der Waals surface area contributed by atoms with Crippen LogP contribution in [0.5, 0.6) is 0 Å². The second-order valence-electron chi connectivity index (χ2n) is 5.36. The lowest BCUT2D eigenvalue weighted by atomic mass is 10.2. The van der Waals surface area contributed by atoms with E-state index < -0.39 is 22.9 Å². The molecule has 1 fully saturated rings. The highest BCUT2D eigenvalue weighted by atomic mass is 35.5.